The second-order valence-electron chi connectivity index (χ2n) is 4.03. The predicted molar refractivity (Wildman–Crippen MR) is 46.9 cm³/mol. The van der Waals surface area contributed by atoms with E-state index in [-0.39, 0.29) is 18.7 Å². The van der Waals surface area contributed by atoms with E-state index in [1.807, 2.05) is 0 Å². The van der Waals surface area contributed by atoms with Gasteiger partial charge in [0.25, 0.3) is 0 Å². The molecule has 2 bridgehead atoms. The van der Waals surface area contributed by atoms with Gasteiger partial charge in [-0.2, -0.15) is 13.2 Å². The fraction of sp³-hybridized carbons (Fsp3) is 0.778. The summed E-state index contributed by atoms with van der Waals surface area (Å²) in [6.07, 6.45) is -4.34. The largest absolute Gasteiger partial charge is 0.491 e. The number of rotatable bonds is 2. The summed E-state index contributed by atoms with van der Waals surface area (Å²) in [6.45, 7) is 0.636. The van der Waals surface area contributed by atoms with Crippen LogP contribution >= 0.6 is 0 Å². The number of fused-ring (bicyclic) bond motifs is 2. The molecule has 96 valence electrons. The molecule has 0 amide bonds. The summed E-state index contributed by atoms with van der Waals surface area (Å²) >= 11 is 0. The number of esters is 2. The number of hydrogen-bond donors (Lipinski definition) is 0. The Kier molecular flexibility index (Phi) is 3.09. The summed E-state index contributed by atoms with van der Waals surface area (Å²) in [5, 5.41) is 0. The Bertz CT molecular complexity index is 344. The lowest BCUT2D eigenvalue weighted by molar-refractivity contribution is -0.202. The van der Waals surface area contributed by atoms with Crippen molar-refractivity contribution in [1.82, 2.24) is 4.90 Å². The van der Waals surface area contributed by atoms with E-state index >= 15 is 0 Å². The lowest BCUT2D eigenvalue weighted by Gasteiger charge is -2.25. The van der Waals surface area contributed by atoms with Gasteiger partial charge < -0.3 is 9.47 Å². The van der Waals surface area contributed by atoms with Gasteiger partial charge in [-0.1, -0.05) is 0 Å². The van der Waals surface area contributed by atoms with Gasteiger partial charge >= 0.3 is 18.1 Å². The molecule has 0 radical (unpaired) electrons. The first-order valence-corrected chi connectivity index (χ1v) is 5.04. The Morgan fingerprint density at radius 3 is 2.59 bits per heavy atom. The van der Waals surface area contributed by atoms with E-state index in [0.29, 0.717) is 13.2 Å². The summed E-state index contributed by atoms with van der Waals surface area (Å²) in [6, 6.07) is 0.0357. The van der Waals surface area contributed by atoms with Gasteiger partial charge in [0.2, 0.25) is 0 Å². The summed E-state index contributed by atoms with van der Waals surface area (Å²) in [5.74, 6) is -3.65. The molecular formula is C9H10F3NO4. The predicted octanol–water partition coefficient (Wildman–Crippen LogP) is 0.0916. The lowest BCUT2D eigenvalue weighted by Crippen LogP contribution is -2.42. The second kappa shape index (κ2) is 4.26. The molecule has 8 heteroatoms. The monoisotopic (exact) mass is 253 g/mol. The van der Waals surface area contributed by atoms with Crippen LogP contribution in [0.5, 0.6) is 0 Å². The number of carbonyl (C=O) groups excluding carboxylic acids is 2. The third-order valence-corrected chi connectivity index (χ3v) is 2.78. The SMILES string of the molecule is O=C(CN1C[C@H]2C[C@@H]1CO2)OC(=O)C(F)(F)F. The molecule has 0 aromatic carbocycles. The maximum Gasteiger partial charge on any atom is 0.491 e. The van der Waals surface area contributed by atoms with Gasteiger partial charge in [-0.25, -0.2) is 4.79 Å². The Labute approximate surface area is 94.5 Å². The van der Waals surface area contributed by atoms with Crippen LogP contribution in [0.3, 0.4) is 0 Å². The molecular weight excluding hydrogens is 243 g/mol. The molecule has 2 rings (SSSR count). The third kappa shape index (κ3) is 2.75. The van der Waals surface area contributed by atoms with Crippen LogP contribution in [-0.4, -0.2) is 54.9 Å². The zero-order chi connectivity index (χ0) is 12.6. The Hall–Kier alpha value is -1.15. The van der Waals surface area contributed by atoms with Crippen LogP contribution in [0.25, 0.3) is 0 Å². The molecule has 0 aromatic rings. The first kappa shape index (κ1) is 12.3. The summed E-state index contributed by atoms with van der Waals surface area (Å²) in [5.41, 5.74) is 0. The van der Waals surface area contributed by atoms with Gasteiger partial charge in [0.15, 0.2) is 0 Å². The fourth-order valence-electron chi connectivity index (χ4n) is 2.03. The minimum atomic E-state index is -5.14. The molecule has 2 fully saturated rings. The van der Waals surface area contributed by atoms with Crippen molar-refractivity contribution in [1.29, 1.82) is 0 Å². The maximum absolute atomic E-state index is 11.8. The van der Waals surface area contributed by atoms with E-state index in [1.165, 1.54) is 0 Å². The molecule has 2 aliphatic rings. The third-order valence-electron chi connectivity index (χ3n) is 2.78. The van der Waals surface area contributed by atoms with Crippen molar-refractivity contribution >= 4 is 11.9 Å². The van der Waals surface area contributed by atoms with Crippen LogP contribution < -0.4 is 0 Å². The number of likely N-dealkylation sites (tertiary alicyclic amines) is 1. The highest BCUT2D eigenvalue weighted by atomic mass is 19.4. The van der Waals surface area contributed by atoms with Crippen LogP contribution in [0.15, 0.2) is 0 Å². The van der Waals surface area contributed by atoms with E-state index in [1.54, 1.807) is 4.90 Å². The quantitative estimate of drug-likeness (QED) is 0.515. The van der Waals surface area contributed by atoms with Crippen LogP contribution in [0, 0.1) is 0 Å². The minimum absolute atomic E-state index is 0.0334. The molecule has 2 heterocycles. The van der Waals surface area contributed by atoms with Crippen molar-refractivity contribution in [3.05, 3.63) is 0 Å². The van der Waals surface area contributed by atoms with Gasteiger partial charge in [0, 0.05) is 12.6 Å². The Morgan fingerprint density at radius 1 is 1.41 bits per heavy atom. The lowest BCUT2D eigenvalue weighted by atomic mass is 10.2. The van der Waals surface area contributed by atoms with Crippen LogP contribution in [0.2, 0.25) is 0 Å². The molecule has 17 heavy (non-hydrogen) atoms. The average molecular weight is 253 g/mol. The first-order chi connectivity index (χ1) is 7.86. The van der Waals surface area contributed by atoms with E-state index in [2.05, 4.69) is 4.74 Å². The van der Waals surface area contributed by atoms with Crippen molar-refractivity contribution in [3.8, 4) is 0 Å². The standard InChI is InChI=1S/C9H10F3NO4/c10-9(11,12)8(15)17-7(14)3-13-2-6-1-5(13)4-16-6/h5-6H,1-4H2/t5-,6-/m1/s1. The summed E-state index contributed by atoms with van der Waals surface area (Å²) in [4.78, 5) is 23.2. The topological polar surface area (TPSA) is 55.8 Å². The minimum Gasteiger partial charge on any atom is -0.385 e. The summed E-state index contributed by atoms with van der Waals surface area (Å²) < 4.78 is 44.4. The number of morpholine rings is 1. The molecule has 0 aromatic heterocycles. The van der Waals surface area contributed by atoms with E-state index in [4.69, 9.17) is 4.74 Å². The smallest absolute Gasteiger partial charge is 0.385 e. The van der Waals surface area contributed by atoms with Crippen LogP contribution in [-0.2, 0) is 19.1 Å². The molecule has 2 saturated heterocycles. The van der Waals surface area contributed by atoms with Gasteiger partial charge in [-0.3, -0.25) is 9.69 Å². The number of ether oxygens (including phenoxy) is 2. The van der Waals surface area contributed by atoms with E-state index in [9.17, 15) is 22.8 Å². The van der Waals surface area contributed by atoms with Gasteiger partial charge in [-0.05, 0) is 6.42 Å². The van der Waals surface area contributed by atoms with E-state index in [0.717, 1.165) is 6.42 Å². The van der Waals surface area contributed by atoms with E-state index < -0.39 is 18.1 Å². The first-order valence-electron chi connectivity index (χ1n) is 5.04. The van der Waals surface area contributed by atoms with Gasteiger partial charge in [-0.15, -0.1) is 0 Å². The summed E-state index contributed by atoms with van der Waals surface area (Å²) in [7, 11) is 0. The highest BCUT2D eigenvalue weighted by molar-refractivity contribution is 5.89. The highest BCUT2D eigenvalue weighted by Gasteiger charge is 2.44. The Balaban J connectivity index is 1.80. The van der Waals surface area contributed by atoms with Gasteiger partial charge in [0.05, 0.1) is 19.3 Å². The zero-order valence-electron chi connectivity index (χ0n) is 8.70. The number of nitrogens with zero attached hydrogens (tertiary/aromatic N) is 1. The van der Waals surface area contributed by atoms with Crippen molar-refractivity contribution in [2.45, 2.75) is 24.7 Å². The molecule has 0 spiro atoms. The van der Waals surface area contributed by atoms with Crippen molar-refractivity contribution < 1.29 is 32.2 Å². The van der Waals surface area contributed by atoms with Crippen LogP contribution in [0.4, 0.5) is 13.2 Å². The molecule has 0 N–H and O–H groups in total. The molecule has 0 aliphatic carbocycles. The number of halogens is 3. The highest BCUT2D eigenvalue weighted by Crippen LogP contribution is 2.27. The number of alkyl halides is 3. The maximum atomic E-state index is 11.8. The molecule has 2 atom stereocenters. The number of hydrogen-bond acceptors (Lipinski definition) is 5. The van der Waals surface area contributed by atoms with Crippen molar-refractivity contribution in [3.63, 3.8) is 0 Å². The normalized spacial score (nSPS) is 28.4. The van der Waals surface area contributed by atoms with Crippen LogP contribution in [0.1, 0.15) is 6.42 Å². The van der Waals surface area contributed by atoms with Gasteiger partial charge in [0.1, 0.15) is 0 Å². The molecule has 2 aliphatic heterocycles. The molecule has 0 unspecified atom stereocenters. The molecule has 5 nitrogen and oxygen atoms in total. The van der Waals surface area contributed by atoms with Crippen molar-refractivity contribution in [2.24, 2.45) is 0 Å². The average Bonchev–Trinajstić information content (AvgIpc) is 2.77. The number of carbonyl (C=O) groups is 2. The van der Waals surface area contributed by atoms with Crippen molar-refractivity contribution in [2.75, 3.05) is 19.7 Å². The fourth-order valence-corrected chi connectivity index (χ4v) is 2.03. The zero-order valence-corrected chi connectivity index (χ0v) is 8.70. The second-order valence-corrected chi connectivity index (χ2v) is 4.03. The molecule has 0 saturated carbocycles. The Morgan fingerprint density at radius 2 is 2.12 bits per heavy atom.